The van der Waals surface area contributed by atoms with Gasteiger partial charge in [0.25, 0.3) is 0 Å². The van der Waals surface area contributed by atoms with Crippen molar-refractivity contribution in [3.8, 4) is 0 Å². The number of hydrogen-bond acceptors (Lipinski definition) is 2. The first-order chi connectivity index (χ1) is 8.15. The first-order valence-corrected chi connectivity index (χ1v) is 6.52. The molecular weight excluding hydrogens is 351 g/mol. The highest BCUT2D eigenvalue weighted by molar-refractivity contribution is 9.10. The SMILES string of the molecule is Fc1ccc(Br)cc1NCc1cncc(Br)c1. The zero-order valence-electron chi connectivity index (χ0n) is 8.75. The molecule has 0 bridgehead atoms. The highest BCUT2D eigenvalue weighted by Crippen LogP contribution is 2.20. The van der Waals surface area contributed by atoms with E-state index < -0.39 is 0 Å². The average molecular weight is 360 g/mol. The standard InChI is InChI=1S/C12H9Br2FN2/c13-9-1-2-11(15)12(4-9)17-6-8-3-10(14)7-16-5-8/h1-5,7,17H,6H2. The summed E-state index contributed by atoms with van der Waals surface area (Å²) in [6.45, 7) is 0.528. The van der Waals surface area contributed by atoms with Gasteiger partial charge in [0, 0.05) is 27.9 Å². The molecule has 1 aromatic heterocycles. The summed E-state index contributed by atoms with van der Waals surface area (Å²) < 4.78 is 15.2. The van der Waals surface area contributed by atoms with Crippen molar-refractivity contribution in [3.05, 3.63) is 57.0 Å². The first kappa shape index (κ1) is 12.5. The van der Waals surface area contributed by atoms with E-state index in [1.807, 2.05) is 6.07 Å². The van der Waals surface area contributed by atoms with Gasteiger partial charge in [-0.2, -0.15) is 0 Å². The third kappa shape index (κ3) is 3.51. The number of aromatic nitrogens is 1. The third-order valence-electron chi connectivity index (χ3n) is 2.17. The Bertz CT molecular complexity index is 532. The summed E-state index contributed by atoms with van der Waals surface area (Å²) >= 11 is 6.65. The molecule has 17 heavy (non-hydrogen) atoms. The Kier molecular flexibility index (Phi) is 4.12. The van der Waals surface area contributed by atoms with Gasteiger partial charge in [-0.3, -0.25) is 4.98 Å². The number of nitrogens with one attached hydrogen (secondary N) is 1. The highest BCUT2D eigenvalue weighted by Gasteiger charge is 2.02. The van der Waals surface area contributed by atoms with Gasteiger partial charge in [0.2, 0.25) is 0 Å². The van der Waals surface area contributed by atoms with Crippen molar-refractivity contribution in [1.29, 1.82) is 0 Å². The van der Waals surface area contributed by atoms with Crippen LogP contribution in [0.3, 0.4) is 0 Å². The first-order valence-electron chi connectivity index (χ1n) is 4.93. The molecule has 2 rings (SSSR count). The summed E-state index contributed by atoms with van der Waals surface area (Å²) in [5.41, 5.74) is 1.46. The van der Waals surface area contributed by atoms with Crippen LogP contribution >= 0.6 is 31.9 Å². The molecule has 5 heteroatoms. The molecule has 0 spiro atoms. The zero-order chi connectivity index (χ0) is 12.3. The van der Waals surface area contributed by atoms with E-state index in [0.29, 0.717) is 12.2 Å². The maximum Gasteiger partial charge on any atom is 0.146 e. The fourth-order valence-electron chi connectivity index (χ4n) is 1.38. The Morgan fingerprint density at radius 1 is 1.12 bits per heavy atom. The van der Waals surface area contributed by atoms with Gasteiger partial charge < -0.3 is 5.32 Å². The Labute approximate surface area is 116 Å². The summed E-state index contributed by atoms with van der Waals surface area (Å²) in [5, 5.41) is 3.03. The molecule has 0 saturated heterocycles. The number of pyridine rings is 1. The molecule has 1 aromatic carbocycles. The lowest BCUT2D eigenvalue weighted by atomic mass is 10.2. The van der Waals surface area contributed by atoms with Crippen molar-refractivity contribution in [3.63, 3.8) is 0 Å². The molecule has 0 aliphatic carbocycles. The second-order valence-corrected chi connectivity index (χ2v) is 5.32. The predicted molar refractivity (Wildman–Crippen MR) is 73.4 cm³/mol. The van der Waals surface area contributed by atoms with Crippen LogP contribution in [-0.2, 0) is 6.54 Å². The van der Waals surface area contributed by atoms with Crippen LogP contribution in [0, 0.1) is 5.82 Å². The molecule has 0 aliphatic rings. The number of benzene rings is 1. The van der Waals surface area contributed by atoms with Crippen LogP contribution in [0.2, 0.25) is 0 Å². The molecule has 0 amide bonds. The molecule has 1 N–H and O–H groups in total. The van der Waals surface area contributed by atoms with Crippen LogP contribution in [0.1, 0.15) is 5.56 Å². The average Bonchev–Trinajstić information content (AvgIpc) is 2.30. The molecule has 88 valence electrons. The van der Waals surface area contributed by atoms with Crippen molar-refractivity contribution in [2.45, 2.75) is 6.54 Å². The third-order valence-corrected chi connectivity index (χ3v) is 3.10. The lowest BCUT2D eigenvalue weighted by molar-refractivity contribution is 0.630. The minimum absolute atomic E-state index is 0.267. The van der Waals surface area contributed by atoms with Gasteiger partial charge in [-0.1, -0.05) is 15.9 Å². The molecule has 0 atom stereocenters. The van der Waals surface area contributed by atoms with Crippen LogP contribution < -0.4 is 5.32 Å². The topological polar surface area (TPSA) is 24.9 Å². The molecule has 0 aliphatic heterocycles. The van der Waals surface area contributed by atoms with Crippen molar-refractivity contribution < 1.29 is 4.39 Å². The summed E-state index contributed by atoms with van der Waals surface area (Å²) in [7, 11) is 0. The van der Waals surface area contributed by atoms with Gasteiger partial charge in [-0.05, 0) is 45.8 Å². The van der Waals surface area contributed by atoms with Crippen molar-refractivity contribution >= 4 is 37.5 Å². The fraction of sp³-hybridized carbons (Fsp3) is 0.0833. The molecule has 2 aromatic rings. The minimum atomic E-state index is -0.267. The molecule has 0 unspecified atom stereocenters. The number of nitrogens with zero attached hydrogens (tertiary/aromatic N) is 1. The Balaban J connectivity index is 2.09. The maximum absolute atomic E-state index is 13.4. The van der Waals surface area contributed by atoms with Crippen molar-refractivity contribution in [2.75, 3.05) is 5.32 Å². The van der Waals surface area contributed by atoms with Crippen LogP contribution in [0.15, 0.2) is 45.6 Å². The summed E-state index contributed by atoms with van der Waals surface area (Å²) in [6, 6.07) is 6.74. The molecule has 0 saturated carbocycles. The fourth-order valence-corrected chi connectivity index (χ4v) is 2.16. The van der Waals surface area contributed by atoms with E-state index in [-0.39, 0.29) is 5.82 Å². The van der Waals surface area contributed by atoms with E-state index in [0.717, 1.165) is 14.5 Å². The highest BCUT2D eigenvalue weighted by atomic mass is 79.9. The number of halogens is 3. The Morgan fingerprint density at radius 2 is 1.94 bits per heavy atom. The molecular formula is C12H9Br2FN2. The van der Waals surface area contributed by atoms with E-state index in [4.69, 9.17) is 0 Å². The summed E-state index contributed by atoms with van der Waals surface area (Å²) in [6.07, 6.45) is 3.46. The smallest absolute Gasteiger partial charge is 0.146 e. The van der Waals surface area contributed by atoms with Crippen LogP contribution in [0.4, 0.5) is 10.1 Å². The molecule has 2 nitrogen and oxygen atoms in total. The second kappa shape index (κ2) is 5.60. The van der Waals surface area contributed by atoms with E-state index in [1.165, 1.54) is 6.07 Å². The van der Waals surface area contributed by atoms with Crippen molar-refractivity contribution in [2.24, 2.45) is 0 Å². The largest absolute Gasteiger partial charge is 0.379 e. The predicted octanol–water partition coefficient (Wildman–Crippen LogP) is 4.36. The summed E-state index contributed by atoms with van der Waals surface area (Å²) in [4.78, 5) is 4.05. The Hall–Kier alpha value is -0.940. The van der Waals surface area contributed by atoms with Crippen LogP contribution in [0.5, 0.6) is 0 Å². The Morgan fingerprint density at radius 3 is 2.71 bits per heavy atom. The van der Waals surface area contributed by atoms with Gasteiger partial charge in [0.15, 0.2) is 0 Å². The van der Waals surface area contributed by atoms with Crippen LogP contribution in [-0.4, -0.2) is 4.98 Å². The zero-order valence-corrected chi connectivity index (χ0v) is 11.9. The van der Waals surface area contributed by atoms with Gasteiger partial charge in [0.05, 0.1) is 5.69 Å². The molecule has 1 heterocycles. The van der Waals surface area contributed by atoms with Crippen LogP contribution in [0.25, 0.3) is 0 Å². The minimum Gasteiger partial charge on any atom is -0.379 e. The van der Waals surface area contributed by atoms with Gasteiger partial charge >= 0.3 is 0 Å². The molecule has 0 radical (unpaired) electrons. The van der Waals surface area contributed by atoms with Gasteiger partial charge in [-0.25, -0.2) is 4.39 Å². The second-order valence-electron chi connectivity index (χ2n) is 3.49. The van der Waals surface area contributed by atoms with Gasteiger partial charge in [0.1, 0.15) is 5.82 Å². The normalized spacial score (nSPS) is 10.3. The van der Waals surface area contributed by atoms with E-state index in [2.05, 4.69) is 42.2 Å². The van der Waals surface area contributed by atoms with Crippen molar-refractivity contribution in [1.82, 2.24) is 4.98 Å². The maximum atomic E-state index is 13.4. The van der Waals surface area contributed by atoms with Gasteiger partial charge in [-0.15, -0.1) is 0 Å². The van der Waals surface area contributed by atoms with E-state index in [1.54, 1.807) is 24.5 Å². The van der Waals surface area contributed by atoms with E-state index >= 15 is 0 Å². The number of anilines is 1. The molecule has 0 fully saturated rings. The number of hydrogen-bond donors (Lipinski definition) is 1. The lowest BCUT2D eigenvalue weighted by Crippen LogP contribution is -2.01. The summed E-state index contributed by atoms with van der Waals surface area (Å²) in [5.74, 6) is -0.267. The monoisotopic (exact) mass is 358 g/mol. The quantitative estimate of drug-likeness (QED) is 0.880. The number of rotatable bonds is 3. The lowest BCUT2D eigenvalue weighted by Gasteiger charge is -2.08. The van der Waals surface area contributed by atoms with E-state index in [9.17, 15) is 4.39 Å².